The molecule has 2 atom stereocenters. The van der Waals surface area contributed by atoms with E-state index in [1.165, 1.54) is 24.0 Å². The monoisotopic (exact) mass is 265 g/mol. The van der Waals surface area contributed by atoms with Gasteiger partial charge in [0.25, 0.3) is 0 Å². The van der Waals surface area contributed by atoms with Crippen LogP contribution in [-0.4, -0.2) is 18.9 Å². The van der Waals surface area contributed by atoms with Gasteiger partial charge in [-0.2, -0.15) is 11.8 Å². The van der Waals surface area contributed by atoms with Crippen molar-refractivity contribution in [1.29, 1.82) is 0 Å². The first-order chi connectivity index (χ1) is 8.74. The van der Waals surface area contributed by atoms with Gasteiger partial charge in [-0.15, -0.1) is 0 Å². The minimum absolute atomic E-state index is 0.472. The lowest BCUT2D eigenvalue weighted by Gasteiger charge is -2.21. The lowest BCUT2D eigenvalue weighted by atomic mass is 9.97. The summed E-state index contributed by atoms with van der Waals surface area (Å²) in [6, 6.07) is 6.98. The summed E-state index contributed by atoms with van der Waals surface area (Å²) in [6.07, 6.45) is 2.38. The molecule has 0 amide bonds. The van der Waals surface area contributed by atoms with Gasteiger partial charge in [0.2, 0.25) is 0 Å². The molecule has 1 aliphatic rings. The van der Waals surface area contributed by atoms with Crippen molar-refractivity contribution in [2.75, 3.05) is 13.7 Å². The van der Waals surface area contributed by atoms with E-state index in [-0.39, 0.29) is 0 Å². The van der Waals surface area contributed by atoms with Crippen LogP contribution in [0.25, 0.3) is 0 Å². The average Bonchev–Trinajstić information content (AvgIpc) is 2.55. The van der Waals surface area contributed by atoms with Crippen LogP contribution in [0, 0.1) is 0 Å². The summed E-state index contributed by atoms with van der Waals surface area (Å²) in [5.74, 6) is 2.08. The predicted molar refractivity (Wildman–Crippen MR) is 79.4 cm³/mol. The molecule has 0 aromatic heterocycles. The van der Waals surface area contributed by atoms with E-state index in [4.69, 9.17) is 4.74 Å². The topological polar surface area (TPSA) is 21.3 Å². The standard InChI is InChI=1S/C15H23NOS/c1-4-7-16-15-8-11(2)18-10-12-5-6-13(17-3)9-14(12)15/h5-6,9,11,15-16H,4,7-8,10H2,1-3H3. The van der Waals surface area contributed by atoms with Gasteiger partial charge in [-0.3, -0.25) is 0 Å². The van der Waals surface area contributed by atoms with Crippen molar-refractivity contribution in [3.8, 4) is 5.75 Å². The van der Waals surface area contributed by atoms with Crippen LogP contribution in [0.5, 0.6) is 5.75 Å². The Morgan fingerprint density at radius 1 is 1.44 bits per heavy atom. The van der Waals surface area contributed by atoms with Gasteiger partial charge < -0.3 is 10.1 Å². The van der Waals surface area contributed by atoms with E-state index in [9.17, 15) is 0 Å². The van der Waals surface area contributed by atoms with Crippen molar-refractivity contribution in [2.45, 2.75) is 43.7 Å². The first-order valence-corrected chi connectivity index (χ1v) is 7.81. The summed E-state index contributed by atoms with van der Waals surface area (Å²) >= 11 is 2.05. The zero-order chi connectivity index (χ0) is 13.0. The van der Waals surface area contributed by atoms with Gasteiger partial charge in [0.15, 0.2) is 0 Å². The highest BCUT2D eigenvalue weighted by Gasteiger charge is 2.22. The maximum Gasteiger partial charge on any atom is 0.119 e. The number of ether oxygens (including phenoxy) is 1. The minimum Gasteiger partial charge on any atom is -0.497 e. The molecule has 2 nitrogen and oxygen atoms in total. The van der Waals surface area contributed by atoms with Gasteiger partial charge in [-0.1, -0.05) is 19.9 Å². The summed E-state index contributed by atoms with van der Waals surface area (Å²) in [4.78, 5) is 0. The van der Waals surface area contributed by atoms with Crippen molar-refractivity contribution in [1.82, 2.24) is 5.32 Å². The normalized spacial score (nSPS) is 23.3. The minimum atomic E-state index is 0.472. The van der Waals surface area contributed by atoms with Crippen molar-refractivity contribution < 1.29 is 4.74 Å². The number of hydrogen-bond donors (Lipinski definition) is 1. The third kappa shape index (κ3) is 3.21. The van der Waals surface area contributed by atoms with Crippen LogP contribution in [0.15, 0.2) is 18.2 Å². The van der Waals surface area contributed by atoms with Crippen LogP contribution < -0.4 is 10.1 Å². The third-order valence-corrected chi connectivity index (χ3v) is 4.70. The second-order valence-electron chi connectivity index (χ2n) is 4.93. The molecule has 2 rings (SSSR count). The molecule has 1 aliphatic heterocycles. The van der Waals surface area contributed by atoms with Gasteiger partial charge in [0, 0.05) is 17.0 Å². The Labute approximate surface area is 114 Å². The van der Waals surface area contributed by atoms with Crippen LogP contribution in [0.3, 0.4) is 0 Å². The number of hydrogen-bond acceptors (Lipinski definition) is 3. The summed E-state index contributed by atoms with van der Waals surface area (Å²) in [7, 11) is 1.74. The largest absolute Gasteiger partial charge is 0.497 e. The summed E-state index contributed by atoms with van der Waals surface area (Å²) in [5.41, 5.74) is 2.89. The van der Waals surface area contributed by atoms with Crippen molar-refractivity contribution >= 4 is 11.8 Å². The van der Waals surface area contributed by atoms with E-state index in [2.05, 4.69) is 49.1 Å². The van der Waals surface area contributed by atoms with Gasteiger partial charge >= 0.3 is 0 Å². The molecule has 0 aliphatic carbocycles. The van der Waals surface area contributed by atoms with E-state index in [0.717, 1.165) is 18.0 Å². The van der Waals surface area contributed by atoms with Crippen molar-refractivity contribution in [3.05, 3.63) is 29.3 Å². The first-order valence-electron chi connectivity index (χ1n) is 6.76. The van der Waals surface area contributed by atoms with Gasteiger partial charge in [0.05, 0.1) is 7.11 Å². The molecule has 18 heavy (non-hydrogen) atoms. The molecule has 0 spiro atoms. The Morgan fingerprint density at radius 2 is 2.28 bits per heavy atom. The fraction of sp³-hybridized carbons (Fsp3) is 0.600. The van der Waals surface area contributed by atoms with Crippen LogP contribution in [0.1, 0.15) is 43.9 Å². The predicted octanol–water partition coefficient (Wildman–Crippen LogP) is 3.76. The summed E-state index contributed by atoms with van der Waals surface area (Å²) in [5, 5.41) is 4.39. The van der Waals surface area contributed by atoms with E-state index in [1.807, 2.05) is 0 Å². The van der Waals surface area contributed by atoms with Gasteiger partial charge in [0.1, 0.15) is 5.75 Å². The summed E-state index contributed by atoms with van der Waals surface area (Å²) in [6.45, 7) is 5.63. The van der Waals surface area contributed by atoms with E-state index in [0.29, 0.717) is 11.3 Å². The van der Waals surface area contributed by atoms with Crippen LogP contribution in [0.2, 0.25) is 0 Å². The molecule has 100 valence electrons. The molecular weight excluding hydrogens is 242 g/mol. The maximum absolute atomic E-state index is 5.37. The van der Waals surface area contributed by atoms with E-state index >= 15 is 0 Å². The fourth-order valence-electron chi connectivity index (χ4n) is 2.43. The fourth-order valence-corrected chi connectivity index (χ4v) is 3.48. The Hall–Kier alpha value is -0.670. The number of rotatable bonds is 4. The number of thioether (sulfide) groups is 1. The molecule has 0 fully saturated rings. The molecule has 2 unspecified atom stereocenters. The number of methoxy groups -OCH3 is 1. The Morgan fingerprint density at radius 3 is 3.00 bits per heavy atom. The highest BCUT2D eigenvalue weighted by Crippen LogP contribution is 2.36. The molecule has 1 N–H and O–H groups in total. The molecule has 1 heterocycles. The Balaban J connectivity index is 2.28. The molecule has 1 aromatic rings. The SMILES string of the molecule is CCCNC1CC(C)SCc2ccc(OC)cc21. The van der Waals surface area contributed by atoms with Crippen LogP contribution in [0.4, 0.5) is 0 Å². The maximum atomic E-state index is 5.37. The second kappa shape index (κ2) is 6.48. The Kier molecular flexibility index (Phi) is 4.95. The zero-order valence-electron chi connectivity index (χ0n) is 11.5. The number of benzene rings is 1. The van der Waals surface area contributed by atoms with E-state index in [1.54, 1.807) is 7.11 Å². The van der Waals surface area contributed by atoms with Crippen molar-refractivity contribution in [3.63, 3.8) is 0 Å². The van der Waals surface area contributed by atoms with E-state index < -0.39 is 0 Å². The molecule has 0 radical (unpaired) electrons. The first kappa shape index (κ1) is 13.8. The Bertz CT molecular complexity index is 394. The van der Waals surface area contributed by atoms with Crippen molar-refractivity contribution in [2.24, 2.45) is 0 Å². The lowest BCUT2D eigenvalue weighted by molar-refractivity contribution is 0.412. The van der Waals surface area contributed by atoms with Crippen LogP contribution >= 0.6 is 11.8 Å². The highest BCUT2D eigenvalue weighted by molar-refractivity contribution is 7.99. The average molecular weight is 265 g/mol. The lowest BCUT2D eigenvalue weighted by Crippen LogP contribution is -2.24. The second-order valence-corrected chi connectivity index (χ2v) is 6.36. The number of nitrogens with one attached hydrogen (secondary N) is 1. The van der Waals surface area contributed by atoms with Gasteiger partial charge in [-0.05, 0) is 42.6 Å². The quantitative estimate of drug-likeness (QED) is 0.895. The third-order valence-electron chi connectivity index (χ3n) is 3.46. The highest BCUT2D eigenvalue weighted by atomic mass is 32.2. The molecular formula is C15H23NOS. The zero-order valence-corrected chi connectivity index (χ0v) is 12.3. The van der Waals surface area contributed by atoms with Gasteiger partial charge in [-0.25, -0.2) is 0 Å². The molecule has 0 bridgehead atoms. The summed E-state index contributed by atoms with van der Waals surface area (Å²) < 4.78 is 5.37. The smallest absolute Gasteiger partial charge is 0.119 e. The number of fused-ring (bicyclic) bond motifs is 1. The molecule has 0 saturated heterocycles. The molecule has 3 heteroatoms. The molecule has 1 aromatic carbocycles. The van der Waals surface area contributed by atoms with Crippen LogP contribution in [-0.2, 0) is 5.75 Å². The molecule has 0 saturated carbocycles.